The van der Waals surface area contributed by atoms with Crippen molar-refractivity contribution < 1.29 is 17.9 Å². The van der Waals surface area contributed by atoms with Gasteiger partial charge >= 0.3 is 6.36 Å². The Morgan fingerprint density at radius 2 is 1.89 bits per heavy atom. The van der Waals surface area contributed by atoms with Gasteiger partial charge in [0, 0.05) is 35.7 Å². The normalized spacial score (nSPS) is 23.6. The molecule has 2 aromatic rings. The van der Waals surface area contributed by atoms with Gasteiger partial charge in [0.15, 0.2) is 5.79 Å². The molecule has 37 heavy (non-hydrogen) atoms. The molecule has 1 heterocycles. The second-order valence-corrected chi connectivity index (χ2v) is 11.1. The molecule has 1 saturated carbocycles. The van der Waals surface area contributed by atoms with E-state index in [4.69, 9.17) is 10.7 Å². The first-order chi connectivity index (χ1) is 17.5. The molecule has 0 spiro atoms. The molecule has 2 aromatic carbocycles. The highest BCUT2D eigenvalue weighted by molar-refractivity contribution is 9.10. The summed E-state index contributed by atoms with van der Waals surface area (Å²) < 4.78 is 42.9. The number of anilines is 1. The standard InChI is InChI=1S/C27H35BrF3N5O/c1-36(2)25-22-7-3-4-8-23(22)34-26(32,35-25)20-12-9-18(10-13-20)17-33-15-5-6-19-11-14-21(28)16-24(19)37-27(29,30)31/h3-4,7-8,11,14,16,18,20,33-34H,5-6,9-10,12-13,15,17,32H2,1-2H3. The number of para-hydroxylation sites is 1. The number of rotatable bonds is 8. The molecular formula is C27H35BrF3N5O. The number of aryl methyl sites for hydroxylation is 1. The van der Waals surface area contributed by atoms with Crippen LogP contribution in [0.1, 0.15) is 43.2 Å². The summed E-state index contributed by atoms with van der Waals surface area (Å²) in [5, 5.41) is 6.99. The summed E-state index contributed by atoms with van der Waals surface area (Å²) in [6, 6.07) is 12.9. The summed E-state index contributed by atoms with van der Waals surface area (Å²) in [6.07, 6.45) is 0.616. The van der Waals surface area contributed by atoms with E-state index < -0.39 is 12.1 Å². The van der Waals surface area contributed by atoms with Crippen LogP contribution in [0.4, 0.5) is 18.9 Å². The Labute approximate surface area is 225 Å². The molecule has 0 bridgehead atoms. The van der Waals surface area contributed by atoms with Gasteiger partial charge in [-0.05, 0) is 87.4 Å². The van der Waals surface area contributed by atoms with E-state index in [-0.39, 0.29) is 11.7 Å². The number of nitrogens with one attached hydrogen (secondary N) is 2. The lowest BCUT2D eigenvalue weighted by Crippen LogP contribution is -2.56. The van der Waals surface area contributed by atoms with Crippen LogP contribution in [0.15, 0.2) is 51.9 Å². The molecule has 1 fully saturated rings. The summed E-state index contributed by atoms with van der Waals surface area (Å²) in [5.74, 6) is 0.708. The number of alkyl halides is 3. The van der Waals surface area contributed by atoms with Crippen molar-refractivity contribution in [3.63, 3.8) is 0 Å². The van der Waals surface area contributed by atoms with Crippen LogP contribution in [-0.4, -0.2) is 50.1 Å². The molecule has 6 nitrogen and oxygen atoms in total. The fraction of sp³-hybridized carbons (Fsp3) is 0.519. The highest BCUT2D eigenvalue weighted by atomic mass is 79.9. The van der Waals surface area contributed by atoms with Gasteiger partial charge in [0.05, 0.1) is 0 Å². The van der Waals surface area contributed by atoms with E-state index >= 15 is 0 Å². The molecule has 0 saturated heterocycles. The van der Waals surface area contributed by atoms with Crippen LogP contribution in [0.5, 0.6) is 5.75 Å². The van der Waals surface area contributed by atoms with E-state index in [1.54, 1.807) is 12.1 Å². The molecule has 10 heteroatoms. The quantitative estimate of drug-likeness (QED) is 0.347. The van der Waals surface area contributed by atoms with E-state index in [1.807, 2.05) is 31.1 Å². The molecule has 4 rings (SSSR count). The van der Waals surface area contributed by atoms with Crippen LogP contribution in [0.2, 0.25) is 0 Å². The number of nitrogens with two attached hydrogens (primary N) is 1. The fourth-order valence-electron chi connectivity index (χ4n) is 5.27. The summed E-state index contributed by atoms with van der Waals surface area (Å²) in [7, 11) is 3.98. The second kappa shape index (κ2) is 11.6. The van der Waals surface area contributed by atoms with Crippen LogP contribution in [0.3, 0.4) is 0 Å². The minimum Gasteiger partial charge on any atom is -0.405 e. The fourth-order valence-corrected chi connectivity index (χ4v) is 5.61. The Balaban J connectivity index is 1.24. The van der Waals surface area contributed by atoms with Crippen molar-refractivity contribution in [2.75, 3.05) is 32.5 Å². The van der Waals surface area contributed by atoms with Crippen molar-refractivity contribution in [1.29, 1.82) is 0 Å². The Morgan fingerprint density at radius 3 is 2.59 bits per heavy atom. The molecular weight excluding hydrogens is 547 g/mol. The maximum atomic E-state index is 12.7. The summed E-state index contributed by atoms with van der Waals surface area (Å²) in [4.78, 5) is 6.98. The number of hydrogen-bond acceptors (Lipinski definition) is 6. The highest BCUT2D eigenvalue weighted by Crippen LogP contribution is 2.39. The number of aliphatic imine (C=N–C) groups is 1. The SMILES string of the molecule is CN(C)C1=NC(N)(C2CCC(CNCCCc3ccc(Br)cc3OC(F)(F)F)CC2)Nc2ccccc21. The third-order valence-corrected chi connectivity index (χ3v) is 7.67. The Kier molecular flexibility index (Phi) is 8.70. The average molecular weight is 583 g/mol. The van der Waals surface area contributed by atoms with E-state index in [1.165, 1.54) is 6.07 Å². The van der Waals surface area contributed by atoms with E-state index in [0.717, 1.165) is 62.3 Å². The third-order valence-electron chi connectivity index (χ3n) is 7.17. The second-order valence-electron chi connectivity index (χ2n) is 10.2. The average Bonchev–Trinajstić information content (AvgIpc) is 2.84. The minimum atomic E-state index is -4.70. The predicted octanol–water partition coefficient (Wildman–Crippen LogP) is 5.72. The van der Waals surface area contributed by atoms with Gasteiger partial charge in [-0.2, -0.15) is 0 Å². The van der Waals surface area contributed by atoms with Crippen molar-refractivity contribution in [1.82, 2.24) is 10.2 Å². The summed E-state index contributed by atoms with van der Waals surface area (Å²) in [5.41, 5.74) is 9.48. The van der Waals surface area contributed by atoms with Gasteiger partial charge in [0.1, 0.15) is 11.6 Å². The molecule has 1 aliphatic carbocycles. The van der Waals surface area contributed by atoms with Gasteiger partial charge in [0.2, 0.25) is 0 Å². The first kappa shape index (κ1) is 27.7. The molecule has 0 aromatic heterocycles. The van der Waals surface area contributed by atoms with Crippen LogP contribution in [0, 0.1) is 11.8 Å². The zero-order valence-electron chi connectivity index (χ0n) is 21.2. The summed E-state index contributed by atoms with van der Waals surface area (Å²) in [6.45, 7) is 1.62. The van der Waals surface area contributed by atoms with Gasteiger partial charge in [-0.15, -0.1) is 13.2 Å². The van der Waals surface area contributed by atoms with Crippen LogP contribution >= 0.6 is 15.9 Å². The minimum absolute atomic E-state index is 0.144. The monoisotopic (exact) mass is 581 g/mol. The Morgan fingerprint density at radius 1 is 1.16 bits per heavy atom. The van der Waals surface area contributed by atoms with Crippen molar-refractivity contribution in [2.45, 2.75) is 50.7 Å². The molecule has 1 aliphatic heterocycles. The van der Waals surface area contributed by atoms with Gasteiger partial charge in [-0.3, -0.25) is 5.73 Å². The maximum Gasteiger partial charge on any atom is 0.573 e. The van der Waals surface area contributed by atoms with Gasteiger partial charge in [-0.25, -0.2) is 4.99 Å². The maximum absolute atomic E-state index is 12.7. The number of ether oxygens (including phenoxy) is 1. The zero-order valence-corrected chi connectivity index (χ0v) is 22.8. The first-order valence-corrected chi connectivity index (χ1v) is 13.5. The molecule has 1 atom stereocenters. The predicted molar refractivity (Wildman–Crippen MR) is 145 cm³/mol. The Hall–Kier alpha value is -2.30. The van der Waals surface area contributed by atoms with E-state index in [2.05, 4.69) is 43.4 Å². The third kappa shape index (κ3) is 7.18. The molecule has 202 valence electrons. The molecule has 0 amide bonds. The number of benzene rings is 2. The number of amidine groups is 1. The lowest BCUT2D eigenvalue weighted by Gasteiger charge is -2.43. The highest BCUT2D eigenvalue weighted by Gasteiger charge is 2.41. The van der Waals surface area contributed by atoms with Crippen LogP contribution in [0.25, 0.3) is 0 Å². The molecule has 1 unspecified atom stereocenters. The van der Waals surface area contributed by atoms with E-state index in [9.17, 15) is 13.2 Å². The lowest BCUT2D eigenvalue weighted by molar-refractivity contribution is -0.274. The van der Waals surface area contributed by atoms with Crippen LogP contribution < -0.4 is 21.1 Å². The van der Waals surface area contributed by atoms with Crippen molar-refractivity contribution >= 4 is 27.5 Å². The number of halogens is 4. The molecule has 4 N–H and O–H groups in total. The number of nitrogens with zero attached hydrogens (tertiary/aromatic N) is 2. The smallest absolute Gasteiger partial charge is 0.405 e. The molecule has 0 radical (unpaired) electrons. The molecule has 2 aliphatic rings. The van der Waals surface area contributed by atoms with Crippen molar-refractivity contribution in [2.24, 2.45) is 22.6 Å². The van der Waals surface area contributed by atoms with Crippen molar-refractivity contribution in [3.8, 4) is 5.75 Å². The Bertz CT molecular complexity index is 1100. The number of fused-ring (bicyclic) bond motifs is 1. The van der Waals surface area contributed by atoms with Crippen molar-refractivity contribution in [3.05, 3.63) is 58.1 Å². The van der Waals surface area contributed by atoms with Crippen LogP contribution in [-0.2, 0) is 6.42 Å². The summed E-state index contributed by atoms with van der Waals surface area (Å²) >= 11 is 3.21. The van der Waals surface area contributed by atoms with Gasteiger partial charge in [0.25, 0.3) is 0 Å². The largest absolute Gasteiger partial charge is 0.573 e. The lowest BCUT2D eigenvalue weighted by atomic mass is 9.78. The zero-order chi connectivity index (χ0) is 26.6. The first-order valence-electron chi connectivity index (χ1n) is 12.7. The topological polar surface area (TPSA) is 74.9 Å². The van der Waals surface area contributed by atoms with Gasteiger partial charge < -0.3 is 20.3 Å². The van der Waals surface area contributed by atoms with Gasteiger partial charge in [-0.1, -0.05) is 34.1 Å². The number of hydrogen-bond donors (Lipinski definition) is 3. The van der Waals surface area contributed by atoms with E-state index in [0.29, 0.717) is 22.4 Å².